The highest BCUT2D eigenvalue weighted by molar-refractivity contribution is 5.99. The molecule has 4 fully saturated rings. The van der Waals surface area contributed by atoms with Crippen molar-refractivity contribution in [1.29, 1.82) is 0 Å². The van der Waals surface area contributed by atoms with E-state index in [1.807, 2.05) is 20.8 Å². The number of cyclic esters (lactones) is 1. The van der Waals surface area contributed by atoms with Crippen molar-refractivity contribution in [3.8, 4) is 0 Å². The summed E-state index contributed by atoms with van der Waals surface area (Å²) in [5.74, 6) is -0.0500. The monoisotopic (exact) mass is 703 g/mol. The summed E-state index contributed by atoms with van der Waals surface area (Å²) >= 11 is 0. The molecule has 11 heteroatoms. The molecule has 0 radical (unpaired) electrons. The number of esters is 1. The van der Waals surface area contributed by atoms with Crippen molar-refractivity contribution in [3.63, 3.8) is 0 Å². The third-order valence-electron chi connectivity index (χ3n) is 12.7. The van der Waals surface area contributed by atoms with Crippen molar-refractivity contribution in [2.24, 2.45) is 41.2 Å². The van der Waals surface area contributed by atoms with Crippen LogP contribution in [0, 0.1) is 35.5 Å². The van der Waals surface area contributed by atoms with Crippen LogP contribution in [0.4, 0.5) is 0 Å². The zero-order chi connectivity index (χ0) is 35.7. The number of nitrogens with two attached hydrogens (primary N) is 1. The van der Waals surface area contributed by atoms with Crippen LogP contribution in [-0.2, 0) is 47.5 Å². The summed E-state index contributed by atoms with van der Waals surface area (Å²) in [6, 6.07) is -0.0131. The van der Waals surface area contributed by atoms with Crippen molar-refractivity contribution in [2.75, 3.05) is 21.3 Å². The zero-order valence-corrected chi connectivity index (χ0v) is 31.1. The van der Waals surface area contributed by atoms with Gasteiger partial charge in [0, 0.05) is 39.2 Å². The summed E-state index contributed by atoms with van der Waals surface area (Å²) in [5, 5.41) is 0. The lowest BCUT2D eigenvalue weighted by Gasteiger charge is -2.44. The molecule has 3 heterocycles. The highest BCUT2D eigenvalue weighted by Crippen LogP contribution is 2.54. The van der Waals surface area contributed by atoms with Gasteiger partial charge in [-0.3, -0.25) is 9.59 Å². The normalized spacial score (nSPS) is 47.0. The molecular weight excluding hydrogens is 642 g/mol. The number of rotatable bonds is 8. The number of carbonyl (C=O) groups excluding carboxylic acids is 2. The molecule has 282 valence electrons. The third kappa shape index (κ3) is 7.81. The van der Waals surface area contributed by atoms with Crippen molar-refractivity contribution in [3.05, 3.63) is 23.8 Å². The van der Waals surface area contributed by atoms with Gasteiger partial charge in [0.25, 0.3) is 0 Å². The highest BCUT2D eigenvalue weighted by atomic mass is 16.7. The van der Waals surface area contributed by atoms with Crippen molar-refractivity contribution in [1.82, 2.24) is 0 Å². The molecule has 50 heavy (non-hydrogen) atoms. The molecule has 6 rings (SSSR count). The first-order valence-electron chi connectivity index (χ1n) is 19.2. The van der Waals surface area contributed by atoms with Gasteiger partial charge < -0.3 is 43.6 Å². The number of carbonyl (C=O) groups is 2. The molecule has 0 aromatic rings. The zero-order valence-electron chi connectivity index (χ0n) is 31.1. The molecule has 6 aliphatic rings. The molecule has 0 spiro atoms. The van der Waals surface area contributed by atoms with Gasteiger partial charge in [-0.2, -0.15) is 0 Å². The minimum atomic E-state index is -0.597. The maximum absolute atomic E-state index is 14.5. The Balaban J connectivity index is 1.21. The van der Waals surface area contributed by atoms with E-state index < -0.39 is 12.4 Å². The smallest absolute Gasteiger partial charge is 0.306 e. The van der Waals surface area contributed by atoms with Crippen molar-refractivity contribution in [2.45, 2.75) is 153 Å². The van der Waals surface area contributed by atoms with Gasteiger partial charge in [0.1, 0.15) is 24.4 Å². The largest absolute Gasteiger partial charge is 0.462 e. The minimum absolute atomic E-state index is 0.0131. The second kappa shape index (κ2) is 16.5. The summed E-state index contributed by atoms with van der Waals surface area (Å²) in [5.41, 5.74) is 6.96. The number of hydrogen-bond donors (Lipinski definition) is 1. The van der Waals surface area contributed by atoms with Gasteiger partial charge in [0.05, 0.1) is 30.8 Å². The molecule has 3 aliphatic heterocycles. The van der Waals surface area contributed by atoms with Crippen LogP contribution in [0.1, 0.15) is 85.5 Å². The molecule has 0 aromatic carbocycles. The SMILES string of the molecule is CC[C@@H]1CCC[C@H](O[C@H]2CC[C@@H](N)[C@@H](C)O2)[C@H](C)C(=O)C2=C[C@@H]3[C@@H](C=C[C@@H]4C[C@@H](O[C@@H]5O[C@@H](C)[C@H](OC)[C@@H](OC)[C@H]5OC)C[C@@H]34)[C@@H]2CC(=O)O1. The topological polar surface area (TPSA) is 134 Å². The highest BCUT2D eigenvalue weighted by Gasteiger charge is 2.52. The number of hydrogen-bond acceptors (Lipinski definition) is 11. The molecule has 0 bridgehead atoms. The number of Topliss-reactive ketones (excluding diaryl/α,β-unsaturated/α-hetero) is 1. The Morgan fingerprint density at radius 2 is 1.60 bits per heavy atom. The fraction of sp³-hybridized carbons (Fsp3) is 0.846. The summed E-state index contributed by atoms with van der Waals surface area (Å²) in [4.78, 5) is 28.0. The average Bonchev–Trinajstić information content (AvgIpc) is 3.68. The Bertz CT molecular complexity index is 1240. The van der Waals surface area contributed by atoms with Crippen LogP contribution in [0.25, 0.3) is 0 Å². The predicted octanol–water partition coefficient (Wildman–Crippen LogP) is 4.88. The maximum Gasteiger partial charge on any atom is 0.306 e. The molecule has 0 unspecified atom stereocenters. The van der Waals surface area contributed by atoms with Gasteiger partial charge in [-0.25, -0.2) is 0 Å². The standard InChI is InChI=1S/C39H61NO10/c1-8-24-10-9-11-32(50-34-15-14-31(40)21(3)46-34)20(2)35(42)30-18-28-26(29(30)19-33(41)48-24)13-12-23-16-25(17-27(23)28)49-39-38(45-7)37(44-6)36(43-5)22(4)47-39/h12-13,18,20-29,31-32,34,36-39H,8-11,14-17,19,40H2,1-7H3/t20-,21+,22-,23+,24+,25+,26+,27+,28+,29-,31+,32-,34-,36-,37+,38+,39-/m0/s1. The molecule has 3 saturated heterocycles. The molecule has 17 atom stereocenters. The first-order chi connectivity index (χ1) is 24.1. The van der Waals surface area contributed by atoms with E-state index in [1.54, 1.807) is 21.3 Å². The first kappa shape index (κ1) is 38.0. The fourth-order valence-electron chi connectivity index (χ4n) is 9.75. The molecule has 1 saturated carbocycles. The van der Waals surface area contributed by atoms with Gasteiger partial charge in [-0.15, -0.1) is 0 Å². The number of fused-ring (bicyclic) bond motifs is 5. The van der Waals surface area contributed by atoms with E-state index in [0.717, 1.165) is 44.1 Å². The van der Waals surface area contributed by atoms with Crippen LogP contribution in [-0.4, -0.2) is 101 Å². The van der Waals surface area contributed by atoms with E-state index >= 15 is 0 Å². The van der Waals surface area contributed by atoms with Crippen molar-refractivity contribution < 1.29 is 47.5 Å². The van der Waals surface area contributed by atoms with E-state index in [9.17, 15) is 9.59 Å². The van der Waals surface area contributed by atoms with Gasteiger partial charge in [0.2, 0.25) is 0 Å². The van der Waals surface area contributed by atoms with Crippen LogP contribution < -0.4 is 5.73 Å². The molecule has 0 amide bonds. The lowest BCUT2D eigenvalue weighted by molar-refractivity contribution is -0.314. The lowest BCUT2D eigenvalue weighted by Crippen LogP contribution is -2.59. The molecule has 0 aromatic heterocycles. The third-order valence-corrected chi connectivity index (χ3v) is 12.7. The van der Waals surface area contributed by atoms with Crippen LogP contribution in [0.5, 0.6) is 0 Å². The molecule has 2 N–H and O–H groups in total. The Labute approximate surface area is 298 Å². The van der Waals surface area contributed by atoms with Crippen molar-refractivity contribution >= 4 is 11.8 Å². The number of allylic oxidation sites excluding steroid dienone is 4. The van der Waals surface area contributed by atoms with Gasteiger partial charge >= 0.3 is 5.97 Å². The van der Waals surface area contributed by atoms with Crippen LogP contribution in [0.15, 0.2) is 23.8 Å². The van der Waals surface area contributed by atoms with Gasteiger partial charge in [-0.05, 0) is 94.5 Å². The molecule has 11 nitrogen and oxygen atoms in total. The van der Waals surface area contributed by atoms with E-state index in [0.29, 0.717) is 18.8 Å². The number of methoxy groups -OCH3 is 3. The van der Waals surface area contributed by atoms with Crippen LogP contribution in [0.3, 0.4) is 0 Å². The van der Waals surface area contributed by atoms with E-state index in [1.165, 1.54) is 0 Å². The Morgan fingerprint density at radius 3 is 2.30 bits per heavy atom. The Kier molecular flexibility index (Phi) is 12.6. The van der Waals surface area contributed by atoms with E-state index in [4.69, 9.17) is 43.6 Å². The molecular formula is C39H61NO10. The van der Waals surface area contributed by atoms with E-state index in [2.05, 4.69) is 25.2 Å². The van der Waals surface area contributed by atoms with Gasteiger partial charge in [0.15, 0.2) is 18.4 Å². The predicted molar refractivity (Wildman–Crippen MR) is 185 cm³/mol. The van der Waals surface area contributed by atoms with Crippen LogP contribution in [0.2, 0.25) is 0 Å². The average molecular weight is 704 g/mol. The Hall–Kier alpha value is -1.70. The lowest BCUT2D eigenvalue weighted by atomic mass is 9.70. The number of ketones is 1. The van der Waals surface area contributed by atoms with Gasteiger partial charge in [-0.1, -0.05) is 32.1 Å². The molecule has 3 aliphatic carbocycles. The summed E-state index contributed by atoms with van der Waals surface area (Å²) < 4.78 is 49.1. The summed E-state index contributed by atoms with van der Waals surface area (Å²) in [6.45, 7) is 8.00. The number of ether oxygens (including phenoxy) is 8. The second-order valence-electron chi connectivity index (χ2n) is 15.6. The quantitative estimate of drug-likeness (QED) is 0.274. The fourth-order valence-corrected chi connectivity index (χ4v) is 9.75. The maximum atomic E-state index is 14.5. The second-order valence-corrected chi connectivity index (χ2v) is 15.6. The minimum Gasteiger partial charge on any atom is -0.462 e. The van der Waals surface area contributed by atoms with E-state index in [-0.39, 0.29) is 103 Å². The first-order valence-corrected chi connectivity index (χ1v) is 19.2. The van der Waals surface area contributed by atoms with Crippen LogP contribution >= 0.6 is 0 Å². The Morgan fingerprint density at radius 1 is 0.840 bits per heavy atom. The summed E-state index contributed by atoms with van der Waals surface area (Å²) in [6.07, 6.45) is 10.2. The summed E-state index contributed by atoms with van der Waals surface area (Å²) in [7, 11) is 4.96.